The van der Waals surface area contributed by atoms with Crippen molar-refractivity contribution in [2.24, 2.45) is 0 Å². The van der Waals surface area contributed by atoms with Crippen LogP contribution in [0.2, 0.25) is 0 Å². The van der Waals surface area contributed by atoms with Gasteiger partial charge in [-0.05, 0) is 55.0 Å². The number of aryl methyl sites for hydroxylation is 1. The Kier molecular flexibility index (Phi) is 4.60. The fraction of sp³-hybridized carbons (Fsp3) is 0.250. The molecule has 0 saturated carbocycles. The first-order chi connectivity index (χ1) is 14.2. The summed E-state index contributed by atoms with van der Waals surface area (Å²) in [7, 11) is 0. The van der Waals surface area contributed by atoms with Gasteiger partial charge >= 0.3 is 6.08 Å². The molecule has 5 rings (SSSR count). The van der Waals surface area contributed by atoms with Crippen molar-refractivity contribution in [3.05, 3.63) is 83.8 Å². The van der Waals surface area contributed by atoms with Crippen LogP contribution < -0.4 is 5.32 Å². The molecule has 0 bridgehead atoms. The molecule has 1 aliphatic rings. The number of hydrogen-bond donors (Lipinski definition) is 2. The van der Waals surface area contributed by atoms with Crippen LogP contribution in [0, 0.1) is 6.08 Å². The number of halogens is 1. The van der Waals surface area contributed by atoms with Crippen molar-refractivity contribution in [3.63, 3.8) is 0 Å². The first kappa shape index (κ1) is 18.0. The minimum absolute atomic E-state index is 0.283. The maximum Gasteiger partial charge on any atom is 0.308 e. The van der Waals surface area contributed by atoms with Crippen LogP contribution in [0.15, 0.2) is 60.9 Å². The van der Waals surface area contributed by atoms with Crippen LogP contribution in [0.4, 0.5) is 4.39 Å². The van der Waals surface area contributed by atoms with Gasteiger partial charge in [0.2, 0.25) is 0 Å². The highest BCUT2D eigenvalue weighted by atomic mass is 19.1. The van der Waals surface area contributed by atoms with Crippen LogP contribution in [0.1, 0.15) is 48.7 Å². The van der Waals surface area contributed by atoms with Gasteiger partial charge < -0.3 is 10.3 Å². The average Bonchev–Trinajstić information content (AvgIpc) is 3.14. The second-order valence-corrected chi connectivity index (χ2v) is 7.76. The zero-order valence-electron chi connectivity index (χ0n) is 16.3. The van der Waals surface area contributed by atoms with E-state index in [9.17, 15) is 4.39 Å². The van der Waals surface area contributed by atoms with E-state index in [2.05, 4.69) is 69.7 Å². The van der Waals surface area contributed by atoms with Crippen molar-refractivity contribution in [2.75, 3.05) is 0 Å². The lowest BCUT2D eigenvalue weighted by Gasteiger charge is -2.27. The molecule has 2 heterocycles. The van der Waals surface area contributed by atoms with Crippen molar-refractivity contribution in [2.45, 2.75) is 38.3 Å². The Morgan fingerprint density at radius 2 is 1.86 bits per heavy atom. The van der Waals surface area contributed by atoms with E-state index in [-0.39, 0.29) is 6.04 Å². The predicted molar refractivity (Wildman–Crippen MR) is 113 cm³/mol. The number of nitrogens with one attached hydrogen (secondary N) is 2. The highest BCUT2D eigenvalue weighted by Gasteiger charge is 2.25. The van der Waals surface area contributed by atoms with Crippen molar-refractivity contribution in [1.29, 1.82) is 0 Å². The van der Waals surface area contributed by atoms with Crippen LogP contribution in [0.25, 0.3) is 22.0 Å². The number of aromatic nitrogens is 3. The van der Waals surface area contributed by atoms with E-state index in [0.717, 1.165) is 35.9 Å². The number of fused-ring (bicyclic) bond motifs is 3. The summed E-state index contributed by atoms with van der Waals surface area (Å²) in [5, 5.41) is 5.05. The number of aromatic amines is 1. The van der Waals surface area contributed by atoms with Crippen molar-refractivity contribution in [1.82, 2.24) is 20.3 Å². The lowest BCUT2D eigenvalue weighted by Crippen LogP contribution is -2.27. The molecule has 2 aromatic carbocycles. The number of H-pyrrole nitrogens is 1. The van der Waals surface area contributed by atoms with E-state index in [1.807, 2.05) is 6.07 Å². The van der Waals surface area contributed by atoms with Gasteiger partial charge in [0.25, 0.3) is 0 Å². The minimum Gasteiger partial charge on any atom is -0.357 e. The molecule has 4 nitrogen and oxygen atoms in total. The lowest BCUT2D eigenvalue weighted by atomic mass is 9.90. The molecule has 0 unspecified atom stereocenters. The molecule has 0 aliphatic heterocycles. The molecule has 0 amide bonds. The first-order valence-corrected chi connectivity index (χ1v) is 10.1. The number of rotatable bonds is 4. The minimum atomic E-state index is -0.699. The third-order valence-electron chi connectivity index (χ3n) is 5.91. The smallest absolute Gasteiger partial charge is 0.308 e. The quantitative estimate of drug-likeness (QED) is 0.456. The van der Waals surface area contributed by atoms with Gasteiger partial charge in [-0.25, -0.2) is 9.97 Å². The Hall–Kier alpha value is -3.05. The Labute approximate surface area is 169 Å². The largest absolute Gasteiger partial charge is 0.357 e. The van der Waals surface area contributed by atoms with Gasteiger partial charge in [-0.3, -0.25) is 0 Å². The van der Waals surface area contributed by atoms with Gasteiger partial charge in [0.1, 0.15) is 0 Å². The van der Waals surface area contributed by atoms with Crippen LogP contribution in [0.5, 0.6) is 0 Å². The van der Waals surface area contributed by atoms with Crippen LogP contribution in [-0.4, -0.2) is 15.0 Å². The summed E-state index contributed by atoms with van der Waals surface area (Å²) in [5.74, 6) is 0. The number of nitrogens with zero attached hydrogens (tertiary/aromatic N) is 2. The molecule has 1 aliphatic carbocycles. The van der Waals surface area contributed by atoms with Crippen LogP contribution in [0.3, 0.4) is 0 Å². The molecule has 146 valence electrons. The zero-order valence-corrected chi connectivity index (χ0v) is 16.3. The molecule has 0 radical (unpaired) electrons. The summed E-state index contributed by atoms with van der Waals surface area (Å²) in [6, 6.07) is 17.5. The van der Waals surface area contributed by atoms with E-state index in [0.29, 0.717) is 6.04 Å². The van der Waals surface area contributed by atoms with E-state index >= 15 is 0 Å². The Morgan fingerprint density at radius 3 is 2.66 bits per heavy atom. The van der Waals surface area contributed by atoms with E-state index in [1.165, 1.54) is 34.6 Å². The molecule has 0 spiro atoms. The van der Waals surface area contributed by atoms with Gasteiger partial charge in [-0.1, -0.05) is 36.4 Å². The Bertz CT molecular complexity index is 1130. The molecule has 2 atom stereocenters. The Morgan fingerprint density at radius 1 is 1.07 bits per heavy atom. The predicted octanol–water partition coefficient (Wildman–Crippen LogP) is 5.49. The van der Waals surface area contributed by atoms with Crippen LogP contribution >= 0.6 is 0 Å². The summed E-state index contributed by atoms with van der Waals surface area (Å²) in [5.41, 5.74) is 6.95. The third kappa shape index (κ3) is 3.42. The summed E-state index contributed by atoms with van der Waals surface area (Å²) < 4.78 is 13.1. The second kappa shape index (κ2) is 7.41. The molecule has 2 aromatic heterocycles. The van der Waals surface area contributed by atoms with Crippen molar-refractivity contribution < 1.29 is 4.39 Å². The van der Waals surface area contributed by atoms with Crippen LogP contribution in [-0.2, 0) is 6.42 Å². The standard InChI is InChI=1S/C24H23FN4/c1-15(16-6-3-2-4-7-16)28-22-9-5-8-19-20-12-17(10-11-21(20)29-23(19)22)18-13-26-24(25)27-14-18/h2-4,6-7,10-15,22,28-29H,5,8-9H2,1H3/t15-,22-/m1/s1. The summed E-state index contributed by atoms with van der Waals surface area (Å²) in [6.07, 6.45) is 5.72. The maximum atomic E-state index is 13.1. The maximum absolute atomic E-state index is 13.1. The summed E-state index contributed by atoms with van der Waals surface area (Å²) in [6.45, 7) is 2.22. The van der Waals surface area contributed by atoms with E-state index < -0.39 is 6.08 Å². The molecule has 29 heavy (non-hydrogen) atoms. The van der Waals surface area contributed by atoms with Gasteiger partial charge in [0.15, 0.2) is 0 Å². The van der Waals surface area contributed by atoms with Gasteiger partial charge in [-0.2, -0.15) is 4.39 Å². The van der Waals surface area contributed by atoms with Crippen molar-refractivity contribution >= 4 is 10.9 Å². The van der Waals surface area contributed by atoms with Gasteiger partial charge in [-0.15, -0.1) is 0 Å². The fourth-order valence-electron chi connectivity index (χ4n) is 4.41. The lowest BCUT2D eigenvalue weighted by molar-refractivity contribution is 0.410. The SMILES string of the molecule is C[C@@H](N[C@@H]1CCCc2c1[nH]c1ccc(-c3cnc(F)nc3)cc21)c1ccccc1. The molecular formula is C24H23FN4. The fourth-order valence-corrected chi connectivity index (χ4v) is 4.41. The molecule has 5 heteroatoms. The Balaban J connectivity index is 1.49. The van der Waals surface area contributed by atoms with Gasteiger partial charge in [0.05, 0.1) is 0 Å². The normalized spacial score (nSPS) is 17.2. The molecule has 2 N–H and O–H groups in total. The zero-order chi connectivity index (χ0) is 19.8. The average molecular weight is 386 g/mol. The van der Waals surface area contributed by atoms with E-state index in [4.69, 9.17) is 0 Å². The highest BCUT2D eigenvalue weighted by molar-refractivity contribution is 5.89. The summed E-state index contributed by atoms with van der Waals surface area (Å²) >= 11 is 0. The second-order valence-electron chi connectivity index (χ2n) is 7.76. The number of hydrogen-bond acceptors (Lipinski definition) is 3. The third-order valence-corrected chi connectivity index (χ3v) is 5.91. The monoisotopic (exact) mass is 386 g/mol. The molecule has 0 saturated heterocycles. The van der Waals surface area contributed by atoms with Crippen molar-refractivity contribution in [3.8, 4) is 11.1 Å². The summed E-state index contributed by atoms with van der Waals surface area (Å²) in [4.78, 5) is 11.0. The van der Waals surface area contributed by atoms with Gasteiger partial charge in [0, 0.05) is 46.6 Å². The topological polar surface area (TPSA) is 53.6 Å². The van der Waals surface area contributed by atoms with E-state index in [1.54, 1.807) is 0 Å². The number of benzene rings is 2. The molecule has 0 fully saturated rings. The highest BCUT2D eigenvalue weighted by Crippen LogP contribution is 2.37. The molecular weight excluding hydrogens is 363 g/mol. The molecule has 4 aromatic rings. The first-order valence-electron chi connectivity index (χ1n) is 10.1.